The van der Waals surface area contributed by atoms with Crippen molar-refractivity contribution in [2.45, 2.75) is 70.8 Å². The minimum atomic E-state index is -0.419. The molecule has 1 saturated carbocycles. The number of nitrogens with zero attached hydrogens (tertiary/aromatic N) is 1. The van der Waals surface area contributed by atoms with E-state index in [2.05, 4.69) is 6.92 Å². The van der Waals surface area contributed by atoms with E-state index < -0.39 is 6.09 Å². The molecule has 1 saturated heterocycles. The number of unbranched alkanes of at least 4 members (excludes halogenated alkanes) is 2. The second-order valence-electron chi connectivity index (χ2n) is 5.76. The second-order valence-corrected chi connectivity index (χ2v) is 5.76. The summed E-state index contributed by atoms with van der Waals surface area (Å²) in [6, 6.07) is 0.00178. The Morgan fingerprint density at radius 1 is 1.26 bits per heavy atom. The summed E-state index contributed by atoms with van der Waals surface area (Å²) < 4.78 is 5.12. The Kier molecular flexibility index (Phi) is 5.23. The van der Waals surface area contributed by atoms with Crippen LogP contribution < -0.4 is 0 Å². The Morgan fingerprint density at radius 3 is 2.68 bits per heavy atom. The van der Waals surface area contributed by atoms with E-state index in [-0.39, 0.29) is 11.9 Å². The van der Waals surface area contributed by atoms with E-state index in [1.807, 2.05) is 0 Å². The molecule has 108 valence electrons. The van der Waals surface area contributed by atoms with Crippen LogP contribution in [0, 0.1) is 5.92 Å². The highest BCUT2D eigenvalue weighted by molar-refractivity contribution is 5.93. The number of rotatable bonds is 5. The number of carbonyl (C=O) groups excluding carboxylic acids is 2. The van der Waals surface area contributed by atoms with Crippen LogP contribution in [0.5, 0.6) is 0 Å². The lowest BCUT2D eigenvalue weighted by molar-refractivity contribution is -0.130. The molecular weight excluding hydrogens is 242 g/mol. The van der Waals surface area contributed by atoms with Crippen molar-refractivity contribution >= 4 is 12.0 Å². The van der Waals surface area contributed by atoms with Gasteiger partial charge in [-0.2, -0.15) is 0 Å². The number of hydrogen-bond acceptors (Lipinski definition) is 3. The van der Waals surface area contributed by atoms with Crippen LogP contribution in [-0.2, 0) is 9.53 Å². The van der Waals surface area contributed by atoms with Gasteiger partial charge in [0.1, 0.15) is 6.61 Å². The summed E-state index contributed by atoms with van der Waals surface area (Å²) in [7, 11) is 0. The summed E-state index contributed by atoms with van der Waals surface area (Å²) in [6.45, 7) is 2.52. The molecule has 4 nitrogen and oxygen atoms in total. The van der Waals surface area contributed by atoms with Gasteiger partial charge in [0.05, 0.1) is 6.04 Å². The molecule has 0 aromatic heterocycles. The SMILES string of the molecule is CCCCCC(=O)N1C(=O)OCC1C1CCCCC1. The van der Waals surface area contributed by atoms with Crippen LogP contribution in [-0.4, -0.2) is 29.5 Å². The fourth-order valence-corrected chi connectivity index (χ4v) is 3.24. The van der Waals surface area contributed by atoms with Crippen LogP contribution >= 0.6 is 0 Å². The molecule has 2 fully saturated rings. The van der Waals surface area contributed by atoms with E-state index in [4.69, 9.17) is 4.74 Å². The maximum Gasteiger partial charge on any atom is 0.416 e. The van der Waals surface area contributed by atoms with Gasteiger partial charge in [0.15, 0.2) is 0 Å². The van der Waals surface area contributed by atoms with Crippen molar-refractivity contribution in [2.24, 2.45) is 5.92 Å². The molecule has 2 rings (SSSR count). The Balaban J connectivity index is 1.94. The maximum atomic E-state index is 12.2. The van der Waals surface area contributed by atoms with E-state index in [1.54, 1.807) is 0 Å². The fourth-order valence-electron chi connectivity index (χ4n) is 3.24. The summed E-state index contributed by atoms with van der Waals surface area (Å²) in [5, 5.41) is 0. The third kappa shape index (κ3) is 3.48. The first-order chi connectivity index (χ1) is 9.24. The van der Waals surface area contributed by atoms with Crippen molar-refractivity contribution in [3.05, 3.63) is 0 Å². The fraction of sp³-hybridized carbons (Fsp3) is 0.867. The minimum absolute atomic E-state index is 0.00178. The first kappa shape index (κ1) is 14.4. The Hall–Kier alpha value is -1.06. The molecule has 0 spiro atoms. The average molecular weight is 267 g/mol. The van der Waals surface area contributed by atoms with Gasteiger partial charge in [-0.25, -0.2) is 9.69 Å². The number of amides is 2. The van der Waals surface area contributed by atoms with Gasteiger partial charge in [0.25, 0.3) is 0 Å². The highest BCUT2D eigenvalue weighted by Gasteiger charge is 2.41. The summed E-state index contributed by atoms with van der Waals surface area (Å²) in [5.41, 5.74) is 0. The predicted octanol–water partition coefficient (Wildman–Crippen LogP) is 3.49. The Labute approximate surface area is 115 Å². The third-order valence-electron chi connectivity index (χ3n) is 4.36. The first-order valence-corrected chi connectivity index (χ1v) is 7.73. The normalized spacial score (nSPS) is 24.6. The molecule has 0 N–H and O–H groups in total. The largest absolute Gasteiger partial charge is 0.447 e. The van der Waals surface area contributed by atoms with E-state index in [0.717, 1.165) is 32.1 Å². The average Bonchev–Trinajstić information content (AvgIpc) is 2.82. The molecule has 1 atom stereocenters. The third-order valence-corrected chi connectivity index (χ3v) is 4.36. The van der Waals surface area contributed by atoms with Gasteiger partial charge in [-0.15, -0.1) is 0 Å². The monoisotopic (exact) mass is 267 g/mol. The summed E-state index contributed by atoms with van der Waals surface area (Å²) in [5.74, 6) is 0.418. The molecular formula is C15H25NO3. The Morgan fingerprint density at radius 2 is 2.00 bits per heavy atom. The van der Waals surface area contributed by atoms with E-state index >= 15 is 0 Å². The summed E-state index contributed by atoms with van der Waals surface area (Å²) in [4.78, 5) is 25.4. The number of carbonyl (C=O) groups is 2. The molecule has 0 aromatic rings. The maximum absolute atomic E-state index is 12.2. The zero-order valence-corrected chi connectivity index (χ0v) is 11.9. The standard InChI is InChI=1S/C15H25NO3/c1-2-3-5-10-14(17)16-13(11-19-15(16)18)12-8-6-4-7-9-12/h12-13H,2-11H2,1H3. The van der Waals surface area contributed by atoms with Gasteiger partial charge in [-0.3, -0.25) is 4.79 Å². The molecule has 1 aliphatic heterocycles. The highest BCUT2D eigenvalue weighted by Crippen LogP contribution is 2.32. The summed E-state index contributed by atoms with van der Waals surface area (Å²) in [6.07, 6.45) is 9.02. The highest BCUT2D eigenvalue weighted by atomic mass is 16.6. The molecule has 0 bridgehead atoms. The molecule has 0 radical (unpaired) electrons. The van der Waals surface area contributed by atoms with E-state index in [9.17, 15) is 9.59 Å². The van der Waals surface area contributed by atoms with Crippen molar-refractivity contribution in [3.8, 4) is 0 Å². The van der Waals surface area contributed by atoms with Crippen molar-refractivity contribution < 1.29 is 14.3 Å². The van der Waals surface area contributed by atoms with E-state index in [1.165, 1.54) is 24.2 Å². The first-order valence-electron chi connectivity index (χ1n) is 7.73. The van der Waals surface area contributed by atoms with E-state index in [0.29, 0.717) is 18.9 Å². The van der Waals surface area contributed by atoms with Crippen molar-refractivity contribution in [2.75, 3.05) is 6.61 Å². The Bertz CT molecular complexity index is 323. The van der Waals surface area contributed by atoms with Crippen molar-refractivity contribution in [1.82, 2.24) is 4.90 Å². The molecule has 2 aliphatic rings. The molecule has 1 aliphatic carbocycles. The zero-order valence-electron chi connectivity index (χ0n) is 11.9. The number of imide groups is 1. The van der Waals surface area contributed by atoms with Gasteiger partial charge in [-0.05, 0) is 25.2 Å². The molecule has 1 unspecified atom stereocenters. The van der Waals surface area contributed by atoms with Gasteiger partial charge in [0.2, 0.25) is 5.91 Å². The van der Waals surface area contributed by atoms with Crippen LogP contribution in [0.15, 0.2) is 0 Å². The van der Waals surface area contributed by atoms with Crippen LogP contribution in [0.3, 0.4) is 0 Å². The summed E-state index contributed by atoms with van der Waals surface area (Å²) >= 11 is 0. The minimum Gasteiger partial charge on any atom is -0.447 e. The quantitative estimate of drug-likeness (QED) is 0.716. The zero-order chi connectivity index (χ0) is 13.7. The number of hydrogen-bond donors (Lipinski definition) is 0. The van der Waals surface area contributed by atoms with Crippen LogP contribution in [0.2, 0.25) is 0 Å². The topological polar surface area (TPSA) is 46.6 Å². The lowest BCUT2D eigenvalue weighted by Crippen LogP contribution is -2.43. The van der Waals surface area contributed by atoms with Gasteiger partial charge >= 0.3 is 6.09 Å². The van der Waals surface area contributed by atoms with Crippen LogP contribution in [0.1, 0.15) is 64.7 Å². The predicted molar refractivity (Wildman–Crippen MR) is 72.7 cm³/mol. The lowest BCUT2D eigenvalue weighted by Gasteiger charge is -2.30. The second kappa shape index (κ2) is 6.92. The molecule has 19 heavy (non-hydrogen) atoms. The lowest BCUT2D eigenvalue weighted by atomic mass is 9.83. The van der Waals surface area contributed by atoms with Gasteiger partial charge < -0.3 is 4.74 Å². The van der Waals surface area contributed by atoms with Crippen LogP contribution in [0.25, 0.3) is 0 Å². The van der Waals surface area contributed by atoms with Crippen molar-refractivity contribution in [1.29, 1.82) is 0 Å². The van der Waals surface area contributed by atoms with Gasteiger partial charge in [-0.1, -0.05) is 39.0 Å². The van der Waals surface area contributed by atoms with Gasteiger partial charge in [0, 0.05) is 6.42 Å². The smallest absolute Gasteiger partial charge is 0.416 e. The number of cyclic esters (lactones) is 1. The molecule has 2 amide bonds. The molecule has 4 heteroatoms. The molecule has 0 aromatic carbocycles. The molecule has 1 heterocycles. The number of ether oxygens (including phenoxy) is 1. The van der Waals surface area contributed by atoms with Crippen molar-refractivity contribution in [3.63, 3.8) is 0 Å². The van der Waals surface area contributed by atoms with Crippen LogP contribution in [0.4, 0.5) is 4.79 Å².